The van der Waals surface area contributed by atoms with Crippen molar-refractivity contribution in [2.75, 3.05) is 34.3 Å². The third-order valence-corrected chi connectivity index (χ3v) is 7.44. The fourth-order valence-corrected chi connectivity index (χ4v) is 4.98. The minimum absolute atomic E-state index is 0.194. The van der Waals surface area contributed by atoms with Crippen molar-refractivity contribution in [3.63, 3.8) is 0 Å². The summed E-state index contributed by atoms with van der Waals surface area (Å²) in [4.78, 5) is 22.1. The Bertz CT molecular complexity index is 462. The van der Waals surface area contributed by atoms with Gasteiger partial charge in [0.25, 0.3) is 0 Å². The van der Waals surface area contributed by atoms with Crippen LogP contribution in [0.15, 0.2) is 0 Å². The van der Waals surface area contributed by atoms with Gasteiger partial charge in [-0.15, -0.1) is 0 Å². The first-order chi connectivity index (χ1) is 13.6. The number of rotatable bonds is 20. The molecule has 0 rings (SSSR count). The summed E-state index contributed by atoms with van der Waals surface area (Å²) in [6.45, 7) is 4.48. The van der Waals surface area contributed by atoms with Gasteiger partial charge in [0.2, 0.25) is 0 Å². The van der Waals surface area contributed by atoms with Crippen molar-refractivity contribution < 1.29 is 23.3 Å². The summed E-state index contributed by atoms with van der Waals surface area (Å²) in [5.41, 5.74) is -0.873. The summed E-state index contributed by atoms with van der Waals surface area (Å²) < 4.78 is 18.4. The molecule has 0 heterocycles. The van der Waals surface area contributed by atoms with Crippen LogP contribution in [-0.4, -0.2) is 55.1 Å². The van der Waals surface area contributed by atoms with Crippen molar-refractivity contribution in [2.24, 2.45) is 0 Å². The van der Waals surface area contributed by atoms with Gasteiger partial charge >= 0.3 is 7.60 Å². The molecule has 29 heavy (non-hydrogen) atoms. The van der Waals surface area contributed by atoms with Crippen LogP contribution >= 0.6 is 7.60 Å². The van der Waals surface area contributed by atoms with Gasteiger partial charge in [-0.05, 0) is 13.3 Å². The van der Waals surface area contributed by atoms with Gasteiger partial charge in [0, 0.05) is 0 Å². The lowest BCUT2D eigenvalue weighted by molar-refractivity contribution is -0.870. The summed E-state index contributed by atoms with van der Waals surface area (Å²) in [5, 5.41) is 0. The predicted molar refractivity (Wildman–Crippen MR) is 123 cm³/mol. The molecule has 0 fully saturated rings. The fraction of sp³-hybridized carbons (Fsp3) is 0.957. The Balaban J connectivity index is 3.84. The number of unbranched alkanes of at least 4 members (excludes halogenated alkanes) is 12. The highest BCUT2D eigenvalue weighted by Gasteiger charge is 2.36. The Kier molecular flexibility index (Phi) is 16.3. The number of carbonyl (C=O) groups is 1. The van der Waals surface area contributed by atoms with Crippen LogP contribution in [-0.2, 0) is 13.9 Å². The molecule has 6 heteroatoms. The second kappa shape index (κ2) is 16.5. The molecule has 0 amide bonds. The minimum Gasteiger partial charge on any atom is -0.329 e. The maximum absolute atomic E-state index is 12.5. The lowest BCUT2D eigenvalue weighted by atomic mass is 10.0. The second-order valence-corrected chi connectivity index (χ2v) is 11.6. The maximum Gasteiger partial charge on any atom is 0.338 e. The molecule has 0 aliphatic carbocycles. The first-order valence-corrected chi connectivity index (χ1v) is 13.5. The fourth-order valence-electron chi connectivity index (χ4n) is 3.49. The zero-order valence-corrected chi connectivity index (χ0v) is 20.9. The summed E-state index contributed by atoms with van der Waals surface area (Å²) in [5.74, 6) is -0.236. The SMILES string of the molecule is CCCCCCCCCCCCCCCC(C(C)=O)P(=O)(O)OCC[N+](C)(C)C. The van der Waals surface area contributed by atoms with Crippen LogP contribution in [0.3, 0.4) is 0 Å². The molecule has 1 N–H and O–H groups in total. The van der Waals surface area contributed by atoms with Crippen molar-refractivity contribution >= 4 is 13.4 Å². The molecule has 0 aromatic rings. The van der Waals surface area contributed by atoms with E-state index < -0.39 is 13.3 Å². The summed E-state index contributed by atoms with van der Waals surface area (Å²) in [6.07, 6.45) is 16.8. The molecular formula is C23H49NO4P+. The Hall–Kier alpha value is -0.220. The van der Waals surface area contributed by atoms with Crippen LogP contribution in [0.5, 0.6) is 0 Å². The molecular weight excluding hydrogens is 385 g/mol. The molecule has 2 unspecified atom stereocenters. The molecule has 174 valence electrons. The van der Waals surface area contributed by atoms with E-state index in [2.05, 4.69) is 6.92 Å². The number of hydrogen-bond acceptors (Lipinski definition) is 3. The Labute approximate surface area is 180 Å². The topological polar surface area (TPSA) is 63.6 Å². The molecule has 0 radical (unpaired) electrons. The number of Topliss-reactive ketones (excluding diaryl/α,β-unsaturated/α-hetero) is 1. The maximum atomic E-state index is 12.5. The van der Waals surface area contributed by atoms with E-state index in [1.165, 1.54) is 71.1 Å². The zero-order valence-electron chi connectivity index (χ0n) is 20.0. The molecule has 0 aliphatic rings. The van der Waals surface area contributed by atoms with E-state index in [-0.39, 0.29) is 12.4 Å². The van der Waals surface area contributed by atoms with Gasteiger partial charge in [-0.25, -0.2) is 0 Å². The summed E-state index contributed by atoms with van der Waals surface area (Å²) in [7, 11) is 2.12. The number of hydrogen-bond donors (Lipinski definition) is 1. The largest absolute Gasteiger partial charge is 0.338 e. The molecule has 0 saturated carbocycles. The van der Waals surface area contributed by atoms with Crippen molar-refractivity contribution in [1.29, 1.82) is 0 Å². The highest BCUT2D eigenvalue weighted by Crippen LogP contribution is 2.49. The monoisotopic (exact) mass is 434 g/mol. The Morgan fingerprint density at radius 2 is 1.28 bits per heavy atom. The van der Waals surface area contributed by atoms with Crippen molar-refractivity contribution in [2.45, 2.75) is 109 Å². The predicted octanol–water partition coefficient (Wildman–Crippen LogP) is 6.33. The Morgan fingerprint density at radius 1 is 0.862 bits per heavy atom. The third kappa shape index (κ3) is 17.2. The van der Waals surface area contributed by atoms with Gasteiger partial charge in [-0.3, -0.25) is 9.36 Å². The minimum atomic E-state index is -3.89. The van der Waals surface area contributed by atoms with E-state index in [1.807, 2.05) is 21.1 Å². The Morgan fingerprint density at radius 3 is 1.66 bits per heavy atom. The van der Waals surface area contributed by atoms with Crippen LogP contribution in [0.1, 0.15) is 104 Å². The van der Waals surface area contributed by atoms with Crippen LogP contribution < -0.4 is 0 Å². The van der Waals surface area contributed by atoms with E-state index in [1.54, 1.807) is 0 Å². The van der Waals surface area contributed by atoms with E-state index >= 15 is 0 Å². The van der Waals surface area contributed by atoms with Gasteiger partial charge in [0.1, 0.15) is 24.6 Å². The van der Waals surface area contributed by atoms with Crippen LogP contribution in [0.25, 0.3) is 0 Å². The quantitative estimate of drug-likeness (QED) is 0.138. The van der Waals surface area contributed by atoms with Gasteiger partial charge in [-0.1, -0.05) is 90.4 Å². The number of likely N-dealkylation sites (N-methyl/N-ethyl adjacent to an activating group) is 1. The first kappa shape index (κ1) is 28.8. The number of nitrogens with zero attached hydrogens (tertiary/aromatic N) is 1. The van der Waals surface area contributed by atoms with Crippen LogP contribution in [0.4, 0.5) is 0 Å². The van der Waals surface area contributed by atoms with Gasteiger partial charge < -0.3 is 13.9 Å². The van der Waals surface area contributed by atoms with E-state index in [0.29, 0.717) is 17.4 Å². The summed E-state index contributed by atoms with van der Waals surface area (Å²) in [6, 6.07) is 0. The molecule has 2 atom stereocenters. The third-order valence-electron chi connectivity index (χ3n) is 5.48. The smallest absolute Gasteiger partial charge is 0.329 e. The van der Waals surface area contributed by atoms with Crippen molar-refractivity contribution in [1.82, 2.24) is 0 Å². The van der Waals surface area contributed by atoms with E-state index in [4.69, 9.17) is 4.52 Å². The molecule has 0 aliphatic heterocycles. The zero-order chi connectivity index (χ0) is 22.2. The number of carbonyl (C=O) groups excluding carboxylic acids is 1. The highest BCUT2D eigenvalue weighted by molar-refractivity contribution is 7.54. The lowest BCUT2D eigenvalue weighted by Gasteiger charge is -2.25. The molecule has 0 spiro atoms. The molecule has 0 saturated heterocycles. The second-order valence-electron chi connectivity index (χ2n) is 9.57. The van der Waals surface area contributed by atoms with E-state index in [9.17, 15) is 14.3 Å². The molecule has 0 bridgehead atoms. The summed E-state index contributed by atoms with van der Waals surface area (Å²) >= 11 is 0. The average molecular weight is 435 g/mol. The molecule has 5 nitrogen and oxygen atoms in total. The first-order valence-electron chi connectivity index (χ1n) is 11.9. The molecule has 0 aromatic carbocycles. The highest BCUT2D eigenvalue weighted by atomic mass is 31.2. The lowest BCUT2D eigenvalue weighted by Crippen LogP contribution is -2.37. The number of quaternary nitrogens is 1. The molecule has 0 aromatic heterocycles. The van der Waals surface area contributed by atoms with Gasteiger partial charge in [0.15, 0.2) is 0 Å². The normalized spacial score (nSPS) is 15.2. The van der Waals surface area contributed by atoms with Gasteiger partial charge in [0.05, 0.1) is 21.1 Å². The standard InChI is InChI=1S/C23H48NO4P/c1-6-7-8-9-10-11-12-13-14-15-16-17-18-19-23(22(2)25)29(26,27)28-21-20-24(3,4)5/h23H,6-21H2,1-5H3/p+1. The average Bonchev–Trinajstić information content (AvgIpc) is 2.60. The van der Waals surface area contributed by atoms with Crippen molar-refractivity contribution in [3.05, 3.63) is 0 Å². The van der Waals surface area contributed by atoms with Crippen molar-refractivity contribution in [3.8, 4) is 0 Å². The van der Waals surface area contributed by atoms with Crippen LogP contribution in [0, 0.1) is 0 Å². The van der Waals surface area contributed by atoms with Gasteiger partial charge in [-0.2, -0.15) is 0 Å². The van der Waals surface area contributed by atoms with Crippen LogP contribution in [0.2, 0.25) is 0 Å². The number of ketones is 1. The van der Waals surface area contributed by atoms with E-state index in [0.717, 1.165) is 19.3 Å².